The van der Waals surface area contributed by atoms with E-state index in [2.05, 4.69) is 9.97 Å². The van der Waals surface area contributed by atoms with Crippen molar-refractivity contribution in [2.24, 2.45) is 0 Å². The molecule has 0 saturated carbocycles. The van der Waals surface area contributed by atoms with E-state index in [1.165, 1.54) is 6.33 Å². The minimum Gasteiger partial charge on any atom is -0.457 e. The van der Waals surface area contributed by atoms with Gasteiger partial charge in [-0.2, -0.15) is 5.10 Å². The number of carbonyl (C=O) groups is 1. The molecule has 2 N–H and O–H groups in total. The number of aromatic nitrogens is 4. The molecule has 172 valence electrons. The highest BCUT2D eigenvalue weighted by Gasteiger charge is 2.30. The maximum atomic E-state index is 12.5. The molecule has 0 aliphatic carbocycles. The van der Waals surface area contributed by atoms with Gasteiger partial charge in [-0.25, -0.2) is 14.6 Å². The topological polar surface area (TPSA) is 99.2 Å². The highest BCUT2D eigenvalue weighted by atomic mass is 16.5. The summed E-state index contributed by atoms with van der Waals surface area (Å²) >= 11 is 0. The van der Waals surface area contributed by atoms with Crippen LogP contribution in [0.5, 0.6) is 11.5 Å². The largest absolute Gasteiger partial charge is 0.457 e. The number of fused-ring (bicyclic) bond motifs is 1. The molecule has 4 aromatic rings. The van der Waals surface area contributed by atoms with E-state index >= 15 is 0 Å². The molecule has 1 saturated heterocycles. The van der Waals surface area contributed by atoms with Gasteiger partial charge in [0.2, 0.25) is 5.91 Å². The number of para-hydroxylation sites is 1. The lowest BCUT2D eigenvalue weighted by atomic mass is 10.1. The Labute approximate surface area is 197 Å². The summed E-state index contributed by atoms with van der Waals surface area (Å²) in [7, 11) is 0. The number of rotatable bonds is 6. The standard InChI is InChI=1S/C26H26N6O2/c1-2-3-9-22(33)31-15-14-19(16-31)32-26-23(25(27)28-17-29-26)24(30-32)18-10-12-21(13-11-18)34-20-7-5-4-6-8-20/h2-8,10-13,17,19H,9,14-16H2,1H3,(H2,27,28,29)/b3-2+. The summed E-state index contributed by atoms with van der Waals surface area (Å²) in [4.78, 5) is 23.1. The van der Waals surface area contributed by atoms with Gasteiger partial charge in [-0.15, -0.1) is 0 Å². The molecule has 1 unspecified atom stereocenters. The number of likely N-dealkylation sites (tertiary alicyclic amines) is 1. The van der Waals surface area contributed by atoms with Crippen LogP contribution in [0, 0.1) is 0 Å². The van der Waals surface area contributed by atoms with Crippen LogP contribution in [-0.4, -0.2) is 43.6 Å². The lowest BCUT2D eigenvalue weighted by Gasteiger charge is -2.16. The molecule has 3 heterocycles. The van der Waals surface area contributed by atoms with Crippen LogP contribution in [0.1, 0.15) is 25.8 Å². The Bertz CT molecular complexity index is 1330. The van der Waals surface area contributed by atoms with E-state index in [9.17, 15) is 4.79 Å². The minimum absolute atomic E-state index is 0.0285. The first-order chi connectivity index (χ1) is 16.6. The smallest absolute Gasteiger partial charge is 0.226 e. The SMILES string of the molecule is C/C=C/CC(=O)N1CCC(n2nc(-c3ccc(Oc4ccccc4)cc3)c3c(N)ncnc32)C1. The van der Waals surface area contributed by atoms with E-state index in [0.717, 1.165) is 34.6 Å². The molecule has 5 rings (SSSR count). The quantitative estimate of drug-likeness (QED) is 0.427. The molecule has 1 amide bonds. The van der Waals surface area contributed by atoms with Crippen molar-refractivity contribution in [3.8, 4) is 22.8 Å². The Morgan fingerprint density at radius 2 is 1.88 bits per heavy atom. The Morgan fingerprint density at radius 3 is 2.65 bits per heavy atom. The van der Waals surface area contributed by atoms with Crippen molar-refractivity contribution < 1.29 is 9.53 Å². The number of hydrogen-bond donors (Lipinski definition) is 1. The number of ether oxygens (including phenoxy) is 1. The van der Waals surface area contributed by atoms with Gasteiger partial charge in [0, 0.05) is 25.1 Å². The van der Waals surface area contributed by atoms with Crippen molar-refractivity contribution in [1.29, 1.82) is 0 Å². The summed E-state index contributed by atoms with van der Waals surface area (Å²) in [6.45, 7) is 3.21. The van der Waals surface area contributed by atoms with E-state index in [-0.39, 0.29) is 11.9 Å². The third kappa shape index (κ3) is 4.22. The molecule has 34 heavy (non-hydrogen) atoms. The van der Waals surface area contributed by atoms with Crippen LogP contribution in [0.3, 0.4) is 0 Å². The number of allylic oxidation sites excluding steroid dienone is 1. The van der Waals surface area contributed by atoms with Gasteiger partial charge in [0.1, 0.15) is 29.3 Å². The number of nitrogens with two attached hydrogens (primary N) is 1. The van der Waals surface area contributed by atoms with Crippen molar-refractivity contribution in [2.45, 2.75) is 25.8 Å². The van der Waals surface area contributed by atoms with Crippen LogP contribution < -0.4 is 10.5 Å². The van der Waals surface area contributed by atoms with E-state index < -0.39 is 0 Å². The normalized spacial score (nSPS) is 15.9. The summed E-state index contributed by atoms with van der Waals surface area (Å²) in [5, 5.41) is 5.63. The van der Waals surface area contributed by atoms with Gasteiger partial charge in [-0.3, -0.25) is 4.79 Å². The van der Waals surface area contributed by atoms with Crippen LogP contribution in [0.4, 0.5) is 5.82 Å². The van der Waals surface area contributed by atoms with Gasteiger partial charge in [-0.05, 0) is 49.7 Å². The molecule has 8 heteroatoms. The predicted molar refractivity (Wildman–Crippen MR) is 131 cm³/mol. The summed E-state index contributed by atoms with van der Waals surface area (Å²) in [6, 6.07) is 17.4. The Kier molecular flexibility index (Phi) is 5.95. The first-order valence-electron chi connectivity index (χ1n) is 11.3. The Balaban J connectivity index is 1.44. The van der Waals surface area contributed by atoms with Gasteiger partial charge < -0.3 is 15.4 Å². The number of benzene rings is 2. The average Bonchev–Trinajstić information content (AvgIpc) is 3.50. The molecule has 2 aromatic heterocycles. The fourth-order valence-corrected chi connectivity index (χ4v) is 4.27. The molecule has 0 radical (unpaired) electrons. The van der Waals surface area contributed by atoms with Gasteiger partial charge in [-0.1, -0.05) is 30.4 Å². The van der Waals surface area contributed by atoms with Crippen molar-refractivity contribution in [3.63, 3.8) is 0 Å². The molecule has 1 atom stereocenters. The maximum Gasteiger partial charge on any atom is 0.226 e. The van der Waals surface area contributed by atoms with Gasteiger partial charge in [0.25, 0.3) is 0 Å². The molecule has 1 fully saturated rings. The molecular formula is C26H26N6O2. The summed E-state index contributed by atoms with van der Waals surface area (Å²) in [5.41, 5.74) is 8.56. The molecular weight excluding hydrogens is 428 g/mol. The zero-order valence-corrected chi connectivity index (χ0v) is 19.0. The number of anilines is 1. The lowest BCUT2D eigenvalue weighted by molar-refractivity contribution is -0.129. The van der Waals surface area contributed by atoms with E-state index in [1.807, 2.05) is 83.3 Å². The Morgan fingerprint density at radius 1 is 1.12 bits per heavy atom. The van der Waals surface area contributed by atoms with Crippen molar-refractivity contribution >= 4 is 22.8 Å². The van der Waals surface area contributed by atoms with Crippen LogP contribution in [-0.2, 0) is 4.79 Å². The van der Waals surface area contributed by atoms with E-state index in [1.54, 1.807) is 0 Å². The zero-order chi connectivity index (χ0) is 23.5. The first kappa shape index (κ1) is 21.6. The highest BCUT2D eigenvalue weighted by molar-refractivity contribution is 5.98. The number of amides is 1. The van der Waals surface area contributed by atoms with Crippen molar-refractivity contribution in [2.75, 3.05) is 18.8 Å². The van der Waals surface area contributed by atoms with E-state index in [4.69, 9.17) is 15.6 Å². The van der Waals surface area contributed by atoms with Gasteiger partial charge in [0.15, 0.2) is 5.65 Å². The fraction of sp³-hybridized carbons (Fsp3) is 0.231. The number of nitrogens with zero attached hydrogens (tertiary/aromatic N) is 5. The lowest BCUT2D eigenvalue weighted by Crippen LogP contribution is -2.28. The molecule has 8 nitrogen and oxygen atoms in total. The third-order valence-corrected chi connectivity index (χ3v) is 6.01. The highest BCUT2D eigenvalue weighted by Crippen LogP contribution is 2.35. The molecule has 0 spiro atoms. The average molecular weight is 455 g/mol. The van der Waals surface area contributed by atoms with Gasteiger partial charge in [0.05, 0.1) is 11.4 Å². The monoisotopic (exact) mass is 454 g/mol. The van der Waals surface area contributed by atoms with Crippen LogP contribution in [0.15, 0.2) is 73.1 Å². The maximum absolute atomic E-state index is 12.5. The van der Waals surface area contributed by atoms with Crippen molar-refractivity contribution in [1.82, 2.24) is 24.6 Å². The molecule has 2 aromatic carbocycles. The first-order valence-corrected chi connectivity index (χ1v) is 11.3. The number of hydrogen-bond acceptors (Lipinski definition) is 6. The summed E-state index contributed by atoms with van der Waals surface area (Å²) in [5.74, 6) is 2.02. The second-order valence-electron chi connectivity index (χ2n) is 8.25. The van der Waals surface area contributed by atoms with Crippen LogP contribution in [0.25, 0.3) is 22.3 Å². The minimum atomic E-state index is 0.0285. The predicted octanol–water partition coefficient (Wildman–Crippen LogP) is 4.61. The van der Waals surface area contributed by atoms with Gasteiger partial charge >= 0.3 is 0 Å². The van der Waals surface area contributed by atoms with Crippen LogP contribution in [0.2, 0.25) is 0 Å². The molecule has 1 aliphatic rings. The summed E-state index contributed by atoms with van der Waals surface area (Å²) < 4.78 is 7.81. The van der Waals surface area contributed by atoms with E-state index in [0.29, 0.717) is 31.0 Å². The molecule has 0 bridgehead atoms. The summed E-state index contributed by atoms with van der Waals surface area (Å²) in [6.07, 6.45) is 6.47. The zero-order valence-electron chi connectivity index (χ0n) is 19.0. The molecule has 1 aliphatic heterocycles. The Hall–Kier alpha value is -4.20. The third-order valence-electron chi connectivity index (χ3n) is 6.01. The number of nitrogen functional groups attached to an aromatic ring is 1. The van der Waals surface area contributed by atoms with Crippen LogP contribution >= 0.6 is 0 Å². The number of carbonyl (C=O) groups excluding carboxylic acids is 1. The second kappa shape index (κ2) is 9.35. The van der Waals surface area contributed by atoms with Crippen molar-refractivity contribution in [3.05, 3.63) is 73.1 Å². The fourth-order valence-electron chi connectivity index (χ4n) is 4.27. The second-order valence-corrected chi connectivity index (χ2v) is 8.25.